The predicted molar refractivity (Wildman–Crippen MR) is 94.5 cm³/mol. The summed E-state index contributed by atoms with van der Waals surface area (Å²) >= 11 is 0. The van der Waals surface area contributed by atoms with Crippen molar-refractivity contribution in [3.63, 3.8) is 0 Å². The van der Waals surface area contributed by atoms with Crippen LogP contribution in [-0.2, 0) is 4.74 Å². The molecule has 1 aliphatic heterocycles. The average Bonchev–Trinajstić information content (AvgIpc) is 2.95. The quantitative estimate of drug-likeness (QED) is 0.758. The molecule has 5 heteroatoms. The molecule has 25 heavy (non-hydrogen) atoms. The van der Waals surface area contributed by atoms with Gasteiger partial charge in [0.15, 0.2) is 11.9 Å². The maximum Gasteiger partial charge on any atom is 0.421 e. The average molecular weight is 327 g/mol. The van der Waals surface area contributed by atoms with Crippen LogP contribution in [0.1, 0.15) is 17.2 Å². The van der Waals surface area contributed by atoms with E-state index in [1.54, 1.807) is 24.3 Å². The van der Waals surface area contributed by atoms with Crippen molar-refractivity contribution >= 4 is 28.4 Å². The van der Waals surface area contributed by atoms with Crippen molar-refractivity contribution in [1.82, 2.24) is 0 Å². The van der Waals surface area contributed by atoms with Crippen LogP contribution in [0.3, 0.4) is 0 Å². The summed E-state index contributed by atoms with van der Waals surface area (Å²) in [6.07, 6.45) is -1.35. The number of amidine groups is 1. The standard InChI is InChI=1S/C20H13N3O2/c21-12-13-8-10-15(11-9-13)23-19(22)18(25-20(23)24)17-7-3-5-14-4-1-2-6-16(14)17/h1-11,18,22H. The third-order valence-electron chi connectivity index (χ3n) is 4.25. The predicted octanol–water partition coefficient (Wildman–Crippen LogP) is 4.39. The Morgan fingerprint density at radius 3 is 2.48 bits per heavy atom. The molecule has 120 valence electrons. The number of fused-ring (bicyclic) bond motifs is 1. The Labute approximate surface area is 144 Å². The number of amides is 1. The highest BCUT2D eigenvalue weighted by atomic mass is 16.6. The lowest BCUT2D eigenvalue weighted by Crippen LogP contribution is -2.28. The number of nitriles is 1. The van der Waals surface area contributed by atoms with Gasteiger partial charge >= 0.3 is 6.09 Å². The van der Waals surface area contributed by atoms with E-state index in [1.807, 2.05) is 48.5 Å². The van der Waals surface area contributed by atoms with Gasteiger partial charge in [-0.1, -0.05) is 42.5 Å². The van der Waals surface area contributed by atoms with Crippen LogP contribution < -0.4 is 4.90 Å². The van der Waals surface area contributed by atoms with Crippen LogP contribution >= 0.6 is 0 Å². The molecule has 0 aromatic heterocycles. The molecule has 1 saturated heterocycles. The van der Waals surface area contributed by atoms with E-state index >= 15 is 0 Å². The molecule has 5 nitrogen and oxygen atoms in total. The lowest BCUT2D eigenvalue weighted by atomic mass is 10.00. The highest BCUT2D eigenvalue weighted by molar-refractivity contribution is 6.20. The lowest BCUT2D eigenvalue weighted by Gasteiger charge is -2.15. The molecule has 1 atom stereocenters. The van der Waals surface area contributed by atoms with Crippen molar-refractivity contribution < 1.29 is 9.53 Å². The van der Waals surface area contributed by atoms with E-state index in [0.29, 0.717) is 11.3 Å². The van der Waals surface area contributed by atoms with E-state index < -0.39 is 12.2 Å². The van der Waals surface area contributed by atoms with E-state index in [9.17, 15) is 4.79 Å². The van der Waals surface area contributed by atoms with Crippen LogP contribution in [0.2, 0.25) is 0 Å². The monoisotopic (exact) mass is 327 g/mol. The van der Waals surface area contributed by atoms with E-state index in [-0.39, 0.29) is 5.84 Å². The van der Waals surface area contributed by atoms with Gasteiger partial charge in [0.2, 0.25) is 0 Å². The summed E-state index contributed by atoms with van der Waals surface area (Å²) < 4.78 is 5.49. The van der Waals surface area contributed by atoms with Gasteiger partial charge in [-0.3, -0.25) is 5.41 Å². The van der Waals surface area contributed by atoms with Gasteiger partial charge in [0.25, 0.3) is 0 Å². The minimum Gasteiger partial charge on any atom is -0.432 e. The zero-order valence-electron chi connectivity index (χ0n) is 13.1. The van der Waals surface area contributed by atoms with E-state index in [1.165, 1.54) is 4.90 Å². The van der Waals surface area contributed by atoms with E-state index in [0.717, 1.165) is 16.3 Å². The maximum atomic E-state index is 12.4. The fourth-order valence-electron chi connectivity index (χ4n) is 3.04. The normalized spacial score (nSPS) is 16.8. The number of hydrogen-bond donors (Lipinski definition) is 1. The third kappa shape index (κ3) is 2.41. The summed E-state index contributed by atoms with van der Waals surface area (Å²) in [6, 6.07) is 22.1. The number of carbonyl (C=O) groups excluding carboxylic acids is 1. The number of ether oxygens (including phenoxy) is 1. The van der Waals surface area contributed by atoms with Gasteiger partial charge in [-0.25, -0.2) is 9.69 Å². The van der Waals surface area contributed by atoms with Crippen LogP contribution in [-0.4, -0.2) is 11.9 Å². The van der Waals surface area contributed by atoms with Gasteiger partial charge in [0.05, 0.1) is 17.3 Å². The third-order valence-corrected chi connectivity index (χ3v) is 4.25. The Morgan fingerprint density at radius 2 is 1.72 bits per heavy atom. The Balaban J connectivity index is 1.74. The zero-order valence-corrected chi connectivity index (χ0v) is 13.1. The number of benzene rings is 3. The van der Waals surface area contributed by atoms with Crippen molar-refractivity contribution in [3.8, 4) is 6.07 Å². The Hall–Kier alpha value is -3.65. The van der Waals surface area contributed by atoms with Gasteiger partial charge in [-0.2, -0.15) is 5.26 Å². The van der Waals surface area contributed by atoms with Crippen LogP contribution in [0.5, 0.6) is 0 Å². The smallest absolute Gasteiger partial charge is 0.421 e. The molecule has 1 N–H and O–H groups in total. The fourth-order valence-corrected chi connectivity index (χ4v) is 3.04. The minimum absolute atomic E-state index is 0.0612. The fraction of sp³-hybridized carbons (Fsp3) is 0.0500. The number of cyclic esters (lactones) is 1. The largest absolute Gasteiger partial charge is 0.432 e. The molecular weight excluding hydrogens is 314 g/mol. The van der Waals surface area contributed by atoms with Gasteiger partial charge in [0, 0.05) is 5.56 Å². The lowest BCUT2D eigenvalue weighted by molar-refractivity contribution is 0.153. The molecule has 3 aromatic carbocycles. The summed E-state index contributed by atoms with van der Waals surface area (Å²) in [5.74, 6) is 0.0612. The van der Waals surface area contributed by atoms with Crippen LogP contribution in [0.15, 0.2) is 66.7 Å². The molecule has 3 aromatic rings. The number of hydrogen-bond acceptors (Lipinski definition) is 4. The molecule has 1 fully saturated rings. The Morgan fingerprint density at radius 1 is 1.00 bits per heavy atom. The van der Waals surface area contributed by atoms with Crippen molar-refractivity contribution in [2.24, 2.45) is 0 Å². The molecule has 1 heterocycles. The maximum absolute atomic E-state index is 12.4. The van der Waals surface area contributed by atoms with Crippen molar-refractivity contribution in [3.05, 3.63) is 77.9 Å². The highest BCUT2D eigenvalue weighted by Crippen LogP contribution is 2.35. The first-order valence-electron chi connectivity index (χ1n) is 7.76. The van der Waals surface area contributed by atoms with Crippen molar-refractivity contribution in [2.45, 2.75) is 6.10 Å². The Bertz CT molecular complexity index is 1030. The second kappa shape index (κ2) is 5.77. The second-order valence-electron chi connectivity index (χ2n) is 5.71. The van der Waals surface area contributed by atoms with Crippen LogP contribution in [0.4, 0.5) is 10.5 Å². The number of rotatable bonds is 2. The summed E-state index contributed by atoms with van der Waals surface area (Å²) in [4.78, 5) is 13.6. The van der Waals surface area contributed by atoms with Crippen molar-refractivity contribution in [1.29, 1.82) is 10.7 Å². The highest BCUT2D eigenvalue weighted by Gasteiger charge is 2.40. The second-order valence-corrected chi connectivity index (χ2v) is 5.71. The van der Waals surface area contributed by atoms with Crippen LogP contribution in [0.25, 0.3) is 10.8 Å². The molecular formula is C20H13N3O2. The van der Waals surface area contributed by atoms with Gasteiger partial charge < -0.3 is 4.74 Å². The SMILES string of the molecule is N#Cc1ccc(N2C(=N)C(c3cccc4ccccc34)OC2=O)cc1. The van der Waals surface area contributed by atoms with E-state index in [2.05, 4.69) is 0 Å². The molecule has 0 bridgehead atoms. The summed E-state index contributed by atoms with van der Waals surface area (Å²) in [5, 5.41) is 19.3. The number of carbonyl (C=O) groups is 1. The Kier molecular flexibility index (Phi) is 3.44. The molecule has 0 aliphatic carbocycles. The van der Waals surface area contributed by atoms with Gasteiger partial charge in [0.1, 0.15) is 0 Å². The molecule has 4 rings (SSSR count). The van der Waals surface area contributed by atoms with E-state index in [4.69, 9.17) is 15.4 Å². The molecule has 1 amide bonds. The molecule has 1 aliphatic rings. The molecule has 0 radical (unpaired) electrons. The summed E-state index contributed by atoms with van der Waals surface area (Å²) in [5.41, 5.74) is 1.79. The number of nitrogens with one attached hydrogen (secondary N) is 1. The first kappa shape index (κ1) is 14.9. The zero-order chi connectivity index (χ0) is 17.4. The molecule has 0 saturated carbocycles. The van der Waals surface area contributed by atoms with Gasteiger partial charge in [-0.05, 0) is 35.0 Å². The summed E-state index contributed by atoms with van der Waals surface area (Å²) in [7, 11) is 0. The van der Waals surface area contributed by atoms with Crippen LogP contribution in [0, 0.1) is 16.7 Å². The first-order valence-corrected chi connectivity index (χ1v) is 7.76. The van der Waals surface area contributed by atoms with Crippen molar-refractivity contribution in [2.75, 3.05) is 4.90 Å². The minimum atomic E-state index is -0.755. The number of anilines is 1. The first-order chi connectivity index (χ1) is 12.2. The van der Waals surface area contributed by atoms with Gasteiger partial charge in [-0.15, -0.1) is 0 Å². The number of nitrogens with zero attached hydrogens (tertiary/aromatic N) is 2. The topological polar surface area (TPSA) is 77.2 Å². The molecule has 0 spiro atoms. The summed E-state index contributed by atoms with van der Waals surface area (Å²) in [6.45, 7) is 0. The molecule has 1 unspecified atom stereocenters.